The highest BCUT2D eigenvalue weighted by Crippen LogP contribution is 2.19. The van der Waals surface area contributed by atoms with Crippen molar-refractivity contribution in [1.82, 2.24) is 9.62 Å². The summed E-state index contributed by atoms with van der Waals surface area (Å²) in [7, 11) is -1.98. The largest absolute Gasteiger partial charge is 0.398 e. The number of hydrogen-bond donors (Lipinski definition) is 2. The van der Waals surface area contributed by atoms with Crippen LogP contribution >= 0.6 is 0 Å². The van der Waals surface area contributed by atoms with E-state index >= 15 is 0 Å². The standard InChI is InChI=1S/C12H17N3O3S/c1-15-8-9(6-7-12(15)16)14-19(17,18)11-5-3-2-4-10(11)13/h2-5,9,14H,6-8,13H2,1H3. The Morgan fingerprint density at radius 3 is 2.68 bits per heavy atom. The number of benzene rings is 1. The first-order valence-electron chi connectivity index (χ1n) is 6.01. The number of amides is 1. The number of nitrogen functional groups attached to an aromatic ring is 1. The van der Waals surface area contributed by atoms with Crippen molar-refractivity contribution in [2.45, 2.75) is 23.8 Å². The van der Waals surface area contributed by atoms with Crippen molar-refractivity contribution in [1.29, 1.82) is 0 Å². The number of piperidine rings is 1. The summed E-state index contributed by atoms with van der Waals surface area (Å²) in [5.74, 6) is 0.0367. The van der Waals surface area contributed by atoms with Crippen molar-refractivity contribution in [3.05, 3.63) is 24.3 Å². The van der Waals surface area contributed by atoms with E-state index in [4.69, 9.17) is 5.73 Å². The topological polar surface area (TPSA) is 92.5 Å². The fourth-order valence-electron chi connectivity index (χ4n) is 2.12. The summed E-state index contributed by atoms with van der Waals surface area (Å²) in [4.78, 5) is 13.0. The number of para-hydroxylation sites is 1. The van der Waals surface area contributed by atoms with Gasteiger partial charge in [0.1, 0.15) is 4.90 Å². The molecule has 0 saturated carbocycles. The monoisotopic (exact) mass is 283 g/mol. The van der Waals surface area contributed by atoms with Crippen LogP contribution < -0.4 is 10.5 Å². The Labute approximate surface area is 112 Å². The van der Waals surface area contributed by atoms with Crippen LogP contribution in [-0.2, 0) is 14.8 Å². The zero-order valence-corrected chi connectivity index (χ0v) is 11.5. The molecule has 1 aliphatic heterocycles. The molecule has 1 amide bonds. The molecule has 0 spiro atoms. The summed E-state index contributed by atoms with van der Waals surface area (Å²) in [6, 6.07) is 6.05. The molecule has 19 heavy (non-hydrogen) atoms. The molecule has 1 unspecified atom stereocenters. The van der Waals surface area contributed by atoms with Crippen LogP contribution in [0.5, 0.6) is 0 Å². The second-order valence-corrected chi connectivity index (χ2v) is 6.35. The number of rotatable bonds is 3. The van der Waals surface area contributed by atoms with Gasteiger partial charge in [0.15, 0.2) is 0 Å². The van der Waals surface area contributed by atoms with Gasteiger partial charge in [-0.3, -0.25) is 4.79 Å². The van der Waals surface area contributed by atoms with E-state index in [-0.39, 0.29) is 22.5 Å². The smallest absolute Gasteiger partial charge is 0.242 e. The van der Waals surface area contributed by atoms with Crippen LogP contribution in [0.25, 0.3) is 0 Å². The van der Waals surface area contributed by atoms with Crippen molar-refractivity contribution < 1.29 is 13.2 Å². The van der Waals surface area contributed by atoms with Gasteiger partial charge in [-0.1, -0.05) is 12.1 Å². The predicted octanol–water partition coefficient (Wildman–Crippen LogP) is 0.168. The molecule has 1 aliphatic rings. The van der Waals surface area contributed by atoms with Crippen molar-refractivity contribution in [2.24, 2.45) is 0 Å². The zero-order chi connectivity index (χ0) is 14.0. The molecule has 0 aliphatic carbocycles. The molecule has 1 aromatic carbocycles. The molecule has 0 radical (unpaired) electrons. The molecule has 1 fully saturated rings. The molecular weight excluding hydrogens is 266 g/mol. The van der Waals surface area contributed by atoms with Gasteiger partial charge in [-0.15, -0.1) is 0 Å². The highest BCUT2D eigenvalue weighted by atomic mass is 32.2. The summed E-state index contributed by atoms with van der Waals surface area (Å²) in [6.45, 7) is 0.380. The molecule has 1 atom stereocenters. The van der Waals surface area contributed by atoms with E-state index in [1.807, 2.05) is 0 Å². The van der Waals surface area contributed by atoms with Gasteiger partial charge in [0, 0.05) is 26.1 Å². The molecule has 7 heteroatoms. The Hall–Kier alpha value is -1.60. The second kappa shape index (κ2) is 5.18. The van der Waals surface area contributed by atoms with Gasteiger partial charge in [0.2, 0.25) is 15.9 Å². The number of carbonyl (C=O) groups is 1. The van der Waals surface area contributed by atoms with E-state index in [1.54, 1.807) is 25.2 Å². The van der Waals surface area contributed by atoms with E-state index in [9.17, 15) is 13.2 Å². The van der Waals surface area contributed by atoms with Crippen LogP contribution in [-0.4, -0.2) is 38.9 Å². The number of likely N-dealkylation sites (tertiary alicyclic amines) is 1. The predicted molar refractivity (Wildman–Crippen MR) is 71.8 cm³/mol. The fraction of sp³-hybridized carbons (Fsp3) is 0.417. The van der Waals surface area contributed by atoms with Gasteiger partial charge in [-0.25, -0.2) is 13.1 Å². The molecule has 0 aromatic heterocycles. The Morgan fingerprint density at radius 2 is 2.05 bits per heavy atom. The normalized spacial score (nSPS) is 20.6. The minimum atomic E-state index is -3.64. The summed E-state index contributed by atoms with van der Waals surface area (Å²) >= 11 is 0. The Morgan fingerprint density at radius 1 is 1.37 bits per heavy atom. The number of carbonyl (C=O) groups excluding carboxylic acids is 1. The van der Waals surface area contributed by atoms with Crippen LogP contribution in [0, 0.1) is 0 Å². The third-order valence-corrected chi connectivity index (χ3v) is 4.75. The maximum Gasteiger partial charge on any atom is 0.242 e. The number of nitrogens with zero attached hydrogens (tertiary/aromatic N) is 1. The average molecular weight is 283 g/mol. The quantitative estimate of drug-likeness (QED) is 0.773. The molecule has 3 N–H and O–H groups in total. The third kappa shape index (κ3) is 3.05. The second-order valence-electron chi connectivity index (χ2n) is 4.67. The van der Waals surface area contributed by atoms with Gasteiger partial charge in [0.05, 0.1) is 5.69 Å². The van der Waals surface area contributed by atoms with Crippen LogP contribution in [0.15, 0.2) is 29.2 Å². The van der Waals surface area contributed by atoms with Crippen LogP contribution in [0.1, 0.15) is 12.8 Å². The summed E-state index contributed by atoms with van der Waals surface area (Å²) in [5, 5.41) is 0. The van der Waals surface area contributed by atoms with Gasteiger partial charge in [-0.2, -0.15) is 0 Å². The molecule has 1 aromatic rings. The van der Waals surface area contributed by atoms with Crippen molar-refractivity contribution in [3.8, 4) is 0 Å². The maximum atomic E-state index is 12.2. The SMILES string of the molecule is CN1CC(NS(=O)(=O)c2ccccc2N)CCC1=O. The Kier molecular flexibility index (Phi) is 3.77. The van der Waals surface area contributed by atoms with E-state index in [1.165, 1.54) is 11.0 Å². The van der Waals surface area contributed by atoms with Gasteiger partial charge >= 0.3 is 0 Å². The lowest BCUT2D eigenvalue weighted by Gasteiger charge is -2.30. The number of nitrogens with one attached hydrogen (secondary N) is 1. The first-order chi connectivity index (χ1) is 8.90. The maximum absolute atomic E-state index is 12.2. The zero-order valence-electron chi connectivity index (χ0n) is 10.7. The summed E-state index contributed by atoms with van der Waals surface area (Å²) in [5.41, 5.74) is 5.90. The van der Waals surface area contributed by atoms with Crippen LogP contribution in [0.4, 0.5) is 5.69 Å². The average Bonchev–Trinajstić information content (AvgIpc) is 2.34. The molecule has 104 valence electrons. The number of nitrogens with two attached hydrogens (primary N) is 1. The molecule has 1 saturated heterocycles. The van der Waals surface area contributed by atoms with Crippen molar-refractivity contribution in [2.75, 3.05) is 19.3 Å². The molecule has 0 bridgehead atoms. The van der Waals surface area contributed by atoms with Crippen molar-refractivity contribution >= 4 is 21.6 Å². The number of sulfonamides is 1. The highest BCUT2D eigenvalue weighted by Gasteiger charge is 2.27. The molecule has 2 rings (SSSR count). The number of hydrogen-bond acceptors (Lipinski definition) is 4. The first kappa shape index (κ1) is 13.8. The molecule has 1 heterocycles. The first-order valence-corrected chi connectivity index (χ1v) is 7.49. The van der Waals surface area contributed by atoms with Crippen LogP contribution in [0.2, 0.25) is 0 Å². The van der Waals surface area contributed by atoms with E-state index in [2.05, 4.69) is 4.72 Å². The minimum Gasteiger partial charge on any atom is -0.398 e. The van der Waals surface area contributed by atoms with Gasteiger partial charge in [-0.05, 0) is 18.6 Å². The van der Waals surface area contributed by atoms with Crippen LogP contribution in [0.3, 0.4) is 0 Å². The molecule has 6 nitrogen and oxygen atoms in total. The van der Waals surface area contributed by atoms with Gasteiger partial charge < -0.3 is 10.6 Å². The number of anilines is 1. The van der Waals surface area contributed by atoms with E-state index in [0.29, 0.717) is 19.4 Å². The summed E-state index contributed by atoms with van der Waals surface area (Å²) < 4.78 is 27.0. The molecular formula is C12H17N3O3S. The van der Waals surface area contributed by atoms with E-state index in [0.717, 1.165) is 0 Å². The number of likely N-dealkylation sites (N-methyl/N-ethyl adjacent to an activating group) is 1. The third-order valence-electron chi connectivity index (χ3n) is 3.16. The lowest BCUT2D eigenvalue weighted by Crippen LogP contribution is -2.48. The highest BCUT2D eigenvalue weighted by molar-refractivity contribution is 7.89. The summed E-state index contributed by atoms with van der Waals surface area (Å²) in [6.07, 6.45) is 0.864. The fourth-order valence-corrected chi connectivity index (χ4v) is 3.51. The lowest BCUT2D eigenvalue weighted by molar-refractivity contribution is -0.132. The van der Waals surface area contributed by atoms with Gasteiger partial charge in [0.25, 0.3) is 0 Å². The Balaban J connectivity index is 2.15. The van der Waals surface area contributed by atoms with Crippen molar-refractivity contribution in [3.63, 3.8) is 0 Å². The lowest BCUT2D eigenvalue weighted by atomic mass is 10.1. The minimum absolute atomic E-state index is 0.0367. The van der Waals surface area contributed by atoms with E-state index < -0.39 is 10.0 Å². The Bertz CT molecular complexity index is 586.